The molecule has 35 heavy (non-hydrogen) atoms. The van der Waals surface area contributed by atoms with Crippen LogP contribution in [0.1, 0.15) is 52.5 Å². The molecule has 1 aromatic carbocycles. The molecule has 0 spiro atoms. The number of hydrogen-bond acceptors (Lipinski definition) is 7. The minimum atomic E-state index is -1.72. The van der Waals surface area contributed by atoms with E-state index in [0.717, 1.165) is 0 Å². The SMILES string of the molecule is CC(C)C[C@@H](C(=O)NN)[C@H](C(=O)NO)C(/C=C/c1ccccc1)(CC(C)C)C(=O)[C@H](N)CC(=O)O. The Kier molecular flexibility index (Phi) is 11.7. The number of ketones is 1. The summed E-state index contributed by atoms with van der Waals surface area (Å²) in [4.78, 5) is 51.5. The molecule has 1 aromatic rings. The van der Waals surface area contributed by atoms with Gasteiger partial charge in [-0.25, -0.2) is 11.3 Å². The Morgan fingerprint density at radius 2 is 1.63 bits per heavy atom. The third-order valence-corrected chi connectivity index (χ3v) is 5.86. The first-order chi connectivity index (χ1) is 16.4. The molecule has 0 aliphatic carbocycles. The molecule has 0 bridgehead atoms. The number of carbonyl (C=O) groups is 4. The largest absolute Gasteiger partial charge is 0.481 e. The lowest BCUT2D eigenvalue weighted by Gasteiger charge is -2.42. The molecule has 0 saturated carbocycles. The topological polar surface area (TPSA) is 185 Å². The van der Waals surface area contributed by atoms with Gasteiger partial charge in [-0.2, -0.15) is 0 Å². The number of rotatable bonds is 14. The summed E-state index contributed by atoms with van der Waals surface area (Å²) >= 11 is 0. The highest BCUT2D eigenvalue weighted by molar-refractivity contribution is 6.00. The number of hydrogen-bond donors (Lipinski definition) is 6. The van der Waals surface area contributed by atoms with E-state index in [1.807, 2.05) is 33.8 Å². The van der Waals surface area contributed by atoms with Crippen molar-refractivity contribution in [3.63, 3.8) is 0 Å². The van der Waals surface area contributed by atoms with E-state index in [2.05, 4.69) is 5.43 Å². The van der Waals surface area contributed by atoms with Gasteiger partial charge in [0.1, 0.15) is 0 Å². The van der Waals surface area contributed by atoms with Gasteiger partial charge in [0.2, 0.25) is 11.8 Å². The lowest BCUT2D eigenvalue weighted by Crippen LogP contribution is -2.57. The molecule has 0 radical (unpaired) electrons. The molecule has 2 amide bonds. The summed E-state index contributed by atoms with van der Waals surface area (Å²) in [5.74, 6) is -1.00. The third kappa shape index (κ3) is 8.27. The van der Waals surface area contributed by atoms with Crippen LogP contribution < -0.4 is 22.5 Å². The van der Waals surface area contributed by atoms with Crippen molar-refractivity contribution in [3.05, 3.63) is 42.0 Å². The number of benzene rings is 1. The fourth-order valence-corrected chi connectivity index (χ4v) is 4.60. The summed E-state index contributed by atoms with van der Waals surface area (Å²) in [6, 6.07) is 7.53. The number of Topliss-reactive ketones (excluding diaryl/α,β-unsaturated/α-hetero) is 1. The van der Waals surface area contributed by atoms with Crippen LogP contribution >= 0.6 is 0 Å². The van der Waals surface area contributed by atoms with Gasteiger partial charge >= 0.3 is 5.97 Å². The Morgan fingerprint density at radius 3 is 2.09 bits per heavy atom. The fraction of sp³-hybridized carbons (Fsp3) is 0.520. The van der Waals surface area contributed by atoms with Crippen LogP contribution in [-0.4, -0.2) is 39.9 Å². The summed E-state index contributed by atoms with van der Waals surface area (Å²) < 4.78 is 0. The number of carboxylic acid groups (broad SMARTS) is 1. The zero-order valence-corrected chi connectivity index (χ0v) is 20.7. The van der Waals surface area contributed by atoms with E-state index < -0.39 is 53.3 Å². The standard InChI is InChI=1S/C25H38N4O6/c1-15(2)12-18(23(33)28-27)21(24(34)29-35)25(14-16(3)4,22(32)19(26)13-20(30)31)11-10-17-8-6-5-7-9-17/h5-11,15-16,18-19,21,35H,12-14,26-27H2,1-4H3,(H,28,33)(H,29,34)(H,30,31)/b11-10+/t18-,19-,21-,25?/m1/s1. The van der Waals surface area contributed by atoms with Gasteiger partial charge in [-0.05, 0) is 30.2 Å². The Balaban J connectivity index is 3.97. The molecule has 0 aliphatic rings. The summed E-state index contributed by atoms with van der Waals surface area (Å²) in [6.45, 7) is 7.34. The van der Waals surface area contributed by atoms with Crippen LogP contribution in [0.25, 0.3) is 6.08 Å². The molecule has 10 nitrogen and oxygen atoms in total. The predicted octanol–water partition coefficient (Wildman–Crippen LogP) is 1.88. The summed E-state index contributed by atoms with van der Waals surface area (Å²) in [6.07, 6.45) is 2.72. The van der Waals surface area contributed by atoms with Crippen molar-refractivity contribution >= 4 is 29.6 Å². The number of allylic oxidation sites excluding steroid dienone is 1. The highest BCUT2D eigenvalue weighted by Crippen LogP contribution is 2.45. The fourth-order valence-electron chi connectivity index (χ4n) is 4.60. The number of hydrazine groups is 1. The Labute approximate surface area is 206 Å². The second kappa shape index (κ2) is 13.7. The second-order valence-electron chi connectivity index (χ2n) is 9.65. The minimum Gasteiger partial charge on any atom is -0.481 e. The Morgan fingerprint density at radius 1 is 1.03 bits per heavy atom. The quantitative estimate of drug-likeness (QED) is 0.0987. The number of nitrogens with two attached hydrogens (primary N) is 2. The smallest absolute Gasteiger partial charge is 0.305 e. The Hall–Kier alpha value is -3.08. The highest BCUT2D eigenvalue weighted by atomic mass is 16.5. The summed E-state index contributed by atoms with van der Waals surface area (Å²) in [5, 5.41) is 19.0. The van der Waals surface area contributed by atoms with E-state index in [0.29, 0.717) is 5.56 Å². The van der Waals surface area contributed by atoms with Crippen molar-refractivity contribution in [2.75, 3.05) is 0 Å². The van der Waals surface area contributed by atoms with Crippen LogP contribution in [0.15, 0.2) is 36.4 Å². The molecule has 10 heteroatoms. The molecule has 1 unspecified atom stereocenters. The van der Waals surface area contributed by atoms with Gasteiger partial charge in [-0.1, -0.05) is 70.2 Å². The third-order valence-electron chi connectivity index (χ3n) is 5.86. The van der Waals surface area contributed by atoms with Crippen LogP contribution in [0.2, 0.25) is 0 Å². The predicted molar refractivity (Wildman–Crippen MR) is 131 cm³/mol. The zero-order chi connectivity index (χ0) is 26.8. The van der Waals surface area contributed by atoms with Crippen LogP contribution in [0.4, 0.5) is 0 Å². The van der Waals surface area contributed by atoms with Crippen LogP contribution in [-0.2, 0) is 19.2 Å². The number of nitrogens with one attached hydrogen (secondary N) is 2. The summed E-state index contributed by atoms with van der Waals surface area (Å²) in [5.41, 5.74) is 8.72. The van der Waals surface area contributed by atoms with Crippen molar-refractivity contribution in [3.8, 4) is 0 Å². The Bertz CT molecular complexity index is 902. The van der Waals surface area contributed by atoms with Crippen LogP contribution in [0, 0.1) is 29.1 Å². The number of aliphatic carboxylic acids is 1. The molecule has 1 rings (SSSR count). The van der Waals surface area contributed by atoms with Crippen molar-refractivity contribution in [1.82, 2.24) is 10.9 Å². The maximum absolute atomic E-state index is 14.0. The normalized spacial score (nSPS) is 15.9. The van der Waals surface area contributed by atoms with E-state index in [4.69, 9.17) is 11.6 Å². The van der Waals surface area contributed by atoms with Gasteiger partial charge in [0, 0.05) is 0 Å². The molecule has 0 fully saturated rings. The number of carbonyl (C=O) groups excluding carboxylic acids is 3. The van der Waals surface area contributed by atoms with Crippen molar-refractivity contribution in [2.24, 2.45) is 40.7 Å². The molecule has 194 valence electrons. The van der Waals surface area contributed by atoms with Crippen LogP contribution in [0.5, 0.6) is 0 Å². The van der Waals surface area contributed by atoms with Crippen LogP contribution in [0.3, 0.4) is 0 Å². The lowest BCUT2D eigenvalue weighted by atomic mass is 9.59. The van der Waals surface area contributed by atoms with Crippen molar-refractivity contribution < 1.29 is 29.5 Å². The number of hydroxylamine groups is 1. The zero-order valence-electron chi connectivity index (χ0n) is 20.7. The molecule has 0 saturated heterocycles. The van der Waals surface area contributed by atoms with Gasteiger partial charge in [0.25, 0.3) is 0 Å². The molecule has 0 heterocycles. The van der Waals surface area contributed by atoms with E-state index in [-0.39, 0.29) is 24.7 Å². The molecule has 8 N–H and O–H groups in total. The molecular formula is C25H38N4O6. The van der Waals surface area contributed by atoms with Gasteiger partial charge in [-0.3, -0.25) is 29.8 Å². The number of amides is 2. The molecule has 0 aromatic heterocycles. The van der Waals surface area contributed by atoms with E-state index in [9.17, 15) is 29.5 Å². The second-order valence-corrected chi connectivity index (χ2v) is 9.65. The maximum Gasteiger partial charge on any atom is 0.305 e. The molecular weight excluding hydrogens is 452 g/mol. The maximum atomic E-state index is 14.0. The van der Waals surface area contributed by atoms with E-state index in [1.165, 1.54) is 6.08 Å². The first-order valence-corrected chi connectivity index (χ1v) is 11.6. The lowest BCUT2D eigenvalue weighted by molar-refractivity contribution is -0.152. The van der Waals surface area contributed by atoms with Crippen molar-refractivity contribution in [2.45, 2.75) is 53.0 Å². The minimum absolute atomic E-state index is 0.0625. The van der Waals surface area contributed by atoms with Crippen molar-refractivity contribution in [1.29, 1.82) is 0 Å². The van der Waals surface area contributed by atoms with Gasteiger partial charge < -0.3 is 10.8 Å². The highest BCUT2D eigenvalue weighted by Gasteiger charge is 2.53. The summed E-state index contributed by atoms with van der Waals surface area (Å²) in [7, 11) is 0. The average molecular weight is 491 g/mol. The van der Waals surface area contributed by atoms with E-state index in [1.54, 1.807) is 35.8 Å². The van der Waals surface area contributed by atoms with Gasteiger partial charge in [-0.15, -0.1) is 0 Å². The van der Waals surface area contributed by atoms with Gasteiger partial charge in [0.05, 0.1) is 29.7 Å². The first-order valence-electron chi connectivity index (χ1n) is 11.6. The van der Waals surface area contributed by atoms with Gasteiger partial charge in [0.15, 0.2) is 5.78 Å². The average Bonchev–Trinajstić information content (AvgIpc) is 2.80. The number of carboxylic acids is 1. The monoisotopic (exact) mass is 490 g/mol. The molecule has 4 atom stereocenters. The van der Waals surface area contributed by atoms with E-state index >= 15 is 0 Å². The first kappa shape index (κ1) is 30.0. The molecule has 0 aliphatic heterocycles.